The van der Waals surface area contributed by atoms with Gasteiger partial charge in [-0.3, -0.25) is 0 Å². The SMILES string of the molecule is C=CC(C)C/C(=C\CC)N(c1ccc2c(c1)C1(CCCC1)C1=C2CCC=C1)c1ccc2c(c1)c1ccccc1c1c(-c3ccccc3)cc(C3=CCCC=C3)c(C3=CC=CCC3)c21. The monoisotopic (exact) mass is 817 g/mol. The summed E-state index contributed by atoms with van der Waals surface area (Å²) in [5, 5.41) is 7.96. The highest BCUT2D eigenvalue weighted by molar-refractivity contribution is 6.31. The summed E-state index contributed by atoms with van der Waals surface area (Å²) in [5.74, 6) is 0.337. The molecule has 0 radical (unpaired) electrons. The first-order chi connectivity index (χ1) is 31.1. The Hall–Kier alpha value is -6.18. The van der Waals surface area contributed by atoms with Gasteiger partial charge in [0.05, 0.1) is 0 Å². The van der Waals surface area contributed by atoms with Gasteiger partial charge in [-0.15, -0.1) is 6.58 Å². The normalized spacial score (nSPS) is 18.3. The summed E-state index contributed by atoms with van der Waals surface area (Å²) >= 11 is 0. The molecule has 1 heteroatoms. The number of anilines is 2. The summed E-state index contributed by atoms with van der Waals surface area (Å²) < 4.78 is 0. The van der Waals surface area contributed by atoms with Crippen molar-refractivity contribution in [1.82, 2.24) is 0 Å². The molecule has 5 aliphatic carbocycles. The van der Waals surface area contributed by atoms with Crippen LogP contribution in [0.25, 0.3) is 60.2 Å². The van der Waals surface area contributed by atoms with Gasteiger partial charge < -0.3 is 4.90 Å². The minimum atomic E-state index is 0.140. The molecule has 0 amide bonds. The Labute approximate surface area is 374 Å². The summed E-state index contributed by atoms with van der Waals surface area (Å²) in [7, 11) is 0. The third kappa shape index (κ3) is 6.66. The van der Waals surface area contributed by atoms with Crippen molar-refractivity contribution in [2.45, 2.75) is 96.3 Å². The van der Waals surface area contributed by atoms with Crippen molar-refractivity contribution >= 4 is 60.4 Å². The number of benzene rings is 6. The van der Waals surface area contributed by atoms with Crippen LogP contribution in [0.5, 0.6) is 0 Å². The number of allylic oxidation sites excluding steroid dienone is 15. The van der Waals surface area contributed by atoms with Gasteiger partial charge in [-0.05, 0) is 188 Å². The fourth-order valence-corrected chi connectivity index (χ4v) is 12.1. The minimum absolute atomic E-state index is 0.140. The smallest absolute Gasteiger partial charge is 0.0464 e. The lowest BCUT2D eigenvalue weighted by atomic mass is 9.74. The Morgan fingerprint density at radius 1 is 0.714 bits per heavy atom. The molecule has 0 aromatic heterocycles. The molecule has 312 valence electrons. The quantitative estimate of drug-likeness (QED) is 0.0983. The molecule has 11 rings (SSSR count). The molecule has 1 unspecified atom stereocenters. The van der Waals surface area contributed by atoms with Crippen LogP contribution in [0.1, 0.15) is 113 Å². The van der Waals surface area contributed by atoms with Crippen molar-refractivity contribution in [2.75, 3.05) is 4.90 Å². The minimum Gasteiger partial charge on any atom is -0.314 e. The van der Waals surface area contributed by atoms with Gasteiger partial charge in [0, 0.05) is 22.5 Å². The molecule has 6 aromatic carbocycles. The van der Waals surface area contributed by atoms with Crippen LogP contribution in [0.15, 0.2) is 176 Å². The van der Waals surface area contributed by atoms with Gasteiger partial charge in [-0.2, -0.15) is 0 Å². The molecule has 1 saturated carbocycles. The van der Waals surface area contributed by atoms with Crippen LogP contribution < -0.4 is 4.90 Å². The van der Waals surface area contributed by atoms with Crippen molar-refractivity contribution in [3.63, 3.8) is 0 Å². The highest BCUT2D eigenvalue weighted by atomic mass is 15.1. The average molecular weight is 818 g/mol. The van der Waals surface area contributed by atoms with E-state index >= 15 is 0 Å². The number of nitrogens with zero attached hydrogens (tertiary/aromatic N) is 1. The lowest BCUT2D eigenvalue weighted by molar-refractivity contribution is 0.543. The van der Waals surface area contributed by atoms with Crippen molar-refractivity contribution in [3.05, 3.63) is 198 Å². The van der Waals surface area contributed by atoms with Gasteiger partial charge in [0.2, 0.25) is 0 Å². The summed E-state index contributed by atoms with van der Waals surface area (Å²) in [6.45, 7) is 8.86. The predicted octanol–water partition coefficient (Wildman–Crippen LogP) is 17.9. The molecule has 0 bridgehead atoms. The molecule has 1 fully saturated rings. The van der Waals surface area contributed by atoms with Crippen molar-refractivity contribution in [2.24, 2.45) is 5.92 Å². The molecule has 1 atom stereocenters. The van der Waals surface area contributed by atoms with E-state index in [1.165, 1.54) is 114 Å². The number of rotatable bonds is 10. The van der Waals surface area contributed by atoms with Crippen LogP contribution in [0.4, 0.5) is 11.4 Å². The number of hydrogen-bond donors (Lipinski definition) is 0. The lowest BCUT2D eigenvalue weighted by Gasteiger charge is -2.33. The van der Waals surface area contributed by atoms with E-state index in [2.05, 4.69) is 183 Å². The van der Waals surface area contributed by atoms with E-state index in [9.17, 15) is 0 Å². The zero-order valence-electron chi connectivity index (χ0n) is 37.2. The Bertz CT molecular complexity index is 3040. The first kappa shape index (κ1) is 39.7. The first-order valence-electron chi connectivity index (χ1n) is 24.0. The van der Waals surface area contributed by atoms with Crippen molar-refractivity contribution in [1.29, 1.82) is 0 Å². The maximum Gasteiger partial charge on any atom is 0.0464 e. The molecule has 0 N–H and O–H groups in total. The van der Waals surface area contributed by atoms with E-state index in [0.29, 0.717) is 5.92 Å². The van der Waals surface area contributed by atoms with Crippen molar-refractivity contribution < 1.29 is 0 Å². The zero-order chi connectivity index (χ0) is 42.5. The van der Waals surface area contributed by atoms with Crippen molar-refractivity contribution in [3.8, 4) is 11.1 Å². The van der Waals surface area contributed by atoms with E-state index in [4.69, 9.17) is 0 Å². The van der Waals surface area contributed by atoms with E-state index in [0.717, 1.165) is 51.4 Å². The molecule has 1 spiro atoms. The Morgan fingerprint density at radius 3 is 2.25 bits per heavy atom. The van der Waals surface area contributed by atoms with E-state index in [1.807, 2.05) is 0 Å². The predicted molar refractivity (Wildman–Crippen MR) is 273 cm³/mol. The van der Waals surface area contributed by atoms with Gasteiger partial charge in [0.25, 0.3) is 0 Å². The van der Waals surface area contributed by atoms with Crippen LogP contribution in [-0.4, -0.2) is 0 Å². The summed E-state index contributed by atoms with van der Waals surface area (Å²) in [4.78, 5) is 2.62. The molecule has 1 nitrogen and oxygen atoms in total. The van der Waals surface area contributed by atoms with Crippen LogP contribution in [-0.2, 0) is 5.41 Å². The Balaban J connectivity index is 1.21. The van der Waals surface area contributed by atoms with Crippen LogP contribution >= 0.6 is 0 Å². The topological polar surface area (TPSA) is 3.24 Å². The molecule has 5 aliphatic rings. The Morgan fingerprint density at radius 2 is 1.48 bits per heavy atom. The third-order valence-corrected chi connectivity index (χ3v) is 15.0. The fourth-order valence-electron chi connectivity index (χ4n) is 12.1. The maximum absolute atomic E-state index is 4.26. The second-order valence-corrected chi connectivity index (χ2v) is 18.7. The largest absolute Gasteiger partial charge is 0.314 e. The number of hydrogen-bond acceptors (Lipinski definition) is 1. The highest BCUT2D eigenvalue weighted by Crippen LogP contribution is 2.59. The fraction of sp³-hybridized carbons (Fsp3) is 0.258. The van der Waals surface area contributed by atoms with Gasteiger partial charge >= 0.3 is 0 Å². The molecule has 0 saturated heterocycles. The summed E-state index contributed by atoms with van der Waals surface area (Å²) in [5.41, 5.74) is 18.3. The third-order valence-electron chi connectivity index (χ3n) is 15.0. The first-order valence-corrected chi connectivity index (χ1v) is 24.0. The van der Waals surface area contributed by atoms with E-state index in [1.54, 1.807) is 16.7 Å². The molecule has 0 heterocycles. The van der Waals surface area contributed by atoms with Gasteiger partial charge in [-0.1, -0.05) is 154 Å². The molecular formula is C62H59N. The summed E-state index contributed by atoms with van der Waals surface area (Å²) in [6, 6.07) is 37.9. The second kappa shape index (κ2) is 16.5. The zero-order valence-corrected chi connectivity index (χ0v) is 37.2. The van der Waals surface area contributed by atoms with E-state index < -0.39 is 0 Å². The van der Waals surface area contributed by atoms with E-state index in [-0.39, 0.29) is 5.41 Å². The van der Waals surface area contributed by atoms with Gasteiger partial charge in [0.15, 0.2) is 0 Å². The molecule has 63 heavy (non-hydrogen) atoms. The highest BCUT2D eigenvalue weighted by Gasteiger charge is 2.46. The molecule has 0 aliphatic heterocycles. The standard InChI is InChI=1S/C62H59N/c1-4-21-46(38-42(3)5-2)63(48-32-34-51-50-29-17-18-31-57(50)62(58(51)40-48)36-19-20-37-62)47-33-35-53-56(39-47)49-28-15-16-30-52(49)60-55(44-24-11-7-12-25-44)41-54(43-22-9-6-10-23-43)59(61(53)60)45-26-13-8-14-27-45/h5,7-9,11-13,15-16,18,21-26,28,30-35,39-42H,2,4,6,10,14,17,19-20,27,29,36-38H2,1,3H3/b46-21+. The van der Waals surface area contributed by atoms with Crippen LogP contribution in [0.3, 0.4) is 0 Å². The average Bonchev–Trinajstić information content (AvgIpc) is 3.95. The Kier molecular flexibility index (Phi) is 10.4. The molecule has 6 aromatic rings. The second-order valence-electron chi connectivity index (χ2n) is 18.7. The lowest BCUT2D eigenvalue weighted by Crippen LogP contribution is -2.23. The van der Waals surface area contributed by atoms with Crippen LogP contribution in [0.2, 0.25) is 0 Å². The molecular weight excluding hydrogens is 759 g/mol. The number of fused-ring (bicyclic) bond motifs is 10. The van der Waals surface area contributed by atoms with Gasteiger partial charge in [0.1, 0.15) is 0 Å². The summed E-state index contributed by atoms with van der Waals surface area (Å²) in [6.07, 6.45) is 37.3. The van der Waals surface area contributed by atoms with Gasteiger partial charge in [-0.25, -0.2) is 0 Å². The maximum atomic E-state index is 4.26. The van der Waals surface area contributed by atoms with Crippen LogP contribution in [0, 0.1) is 5.92 Å².